The number of nitrogens with one attached hydrogen (secondary N) is 1. The van der Waals surface area contributed by atoms with E-state index in [1.165, 1.54) is 11.0 Å². The third kappa shape index (κ3) is 8.98. The van der Waals surface area contributed by atoms with Gasteiger partial charge < -0.3 is 10.2 Å². The largest absolute Gasteiger partial charge is 0.354 e. The van der Waals surface area contributed by atoms with Crippen molar-refractivity contribution in [2.45, 2.75) is 38.8 Å². The molecule has 0 aliphatic heterocycles. The summed E-state index contributed by atoms with van der Waals surface area (Å²) in [6.07, 6.45) is 2.96. The highest BCUT2D eigenvalue weighted by atomic mass is 35.5. The molecule has 0 radical (unpaired) electrons. The van der Waals surface area contributed by atoms with Gasteiger partial charge in [0.2, 0.25) is 21.8 Å². The Morgan fingerprint density at radius 1 is 0.949 bits per heavy atom. The number of hydrogen-bond donors (Lipinski definition) is 1. The summed E-state index contributed by atoms with van der Waals surface area (Å²) in [4.78, 5) is 29.0. The smallest absolute Gasteiger partial charge is 0.244 e. The Hall–Kier alpha value is -3.07. The molecule has 0 spiro atoms. The molecular formula is C29H33Cl2N3O4S. The van der Waals surface area contributed by atoms with Crippen LogP contribution in [0.3, 0.4) is 0 Å². The van der Waals surface area contributed by atoms with Crippen LogP contribution in [0.5, 0.6) is 0 Å². The van der Waals surface area contributed by atoms with Gasteiger partial charge in [-0.15, -0.1) is 0 Å². The van der Waals surface area contributed by atoms with Gasteiger partial charge >= 0.3 is 0 Å². The van der Waals surface area contributed by atoms with Crippen LogP contribution in [0.1, 0.15) is 30.9 Å². The molecule has 0 saturated heterocycles. The molecule has 7 nitrogen and oxygen atoms in total. The molecule has 0 aliphatic carbocycles. The average molecular weight is 591 g/mol. The highest BCUT2D eigenvalue weighted by Gasteiger charge is 2.33. The predicted octanol–water partition coefficient (Wildman–Crippen LogP) is 5.32. The first-order valence-corrected chi connectivity index (χ1v) is 15.3. The van der Waals surface area contributed by atoms with E-state index in [0.717, 1.165) is 29.0 Å². The van der Waals surface area contributed by atoms with Crippen LogP contribution in [0.2, 0.25) is 10.0 Å². The normalized spacial score (nSPS) is 12.0. The first kappa shape index (κ1) is 30.5. The average Bonchev–Trinajstić information content (AvgIpc) is 2.90. The third-order valence-corrected chi connectivity index (χ3v) is 7.92. The van der Waals surface area contributed by atoms with E-state index in [1.54, 1.807) is 42.5 Å². The minimum atomic E-state index is -3.87. The lowest BCUT2D eigenvalue weighted by atomic mass is 10.0. The molecule has 2 amide bonds. The van der Waals surface area contributed by atoms with Crippen LogP contribution in [0, 0.1) is 0 Å². The van der Waals surface area contributed by atoms with Gasteiger partial charge in [-0.05, 0) is 41.8 Å². The van der Waals surface area contributed by atoms with E-state index in [4.69, 9.17) is 23.2 Å². The lowest BCUT2D eigenvalue weighted by Crippen LogP contribution is -2.53. The van der Waals surface area contributed by atoms with Crippen molar-refractivity contribution in [1.82, 2.24) is 10.2 Å². The first-order chi connectivity index (χ1) is 18.6. The molecule has 0 saturated carbocycles. The molecule has 3 rings (SSSR count). The minimum Gasteiger partial charge on any atom is -0.354 e. The molecule has 3 aromatic carbocycles. The molecule has 0 fully saturated rings. The fraction of sp³-hybridized carbons (Fsp3) is 0.310. The number of amides is 2. The Bertz CT molecular complexity index is 1370. The summed E-state index contributed by atoms with van der Waals surface area (Å²) < 4.78 is 26.6. The molecule has 0 unspecified atom stereocenters. The number of hydrogen-bond acceptors (Lipinski definition) is 4. The summed E-state index contributed by atoms with van der Waals surface area (Å²) in [5, 5.41) is 3.72. The summed E-state index contributed by atoms with van der Waals surface area (Å²) in [5.41, 5.74) is 1.75. The van der Waals surface area contributed by atoms with E-state index in [1.807, 2.05) is 37.3 Å². The lowest BCUT2D eigenvalue weighted by Gasteiger charge is -2.33. The van der Waals surface area contributed by atoms with Gasteiger partial charge in [0, 0.05) is 29.6 Å². The fourth-order valence-electron chi connectivity index (χ4n) is 4.12. The van der Waals surface area contributed by atoms with Gasteiger partial charge in [0.1, 0.15) is 12.6 Å². The number of rotatable bonds is 13. The highest BCUT2D eigenvalue weighted by molar-refractivity contribution is 7.92. The van der Waals surface area contributed by atoms with E-state index in [0.29, 0.717) is 22.2 Å². The van der Waals surface area contributed by atoms with E-state index in [2.05, 4.69) is 5.32 Å². The number of unbranched alkanes of at least 4 members (excludes halogenated alkanes) is 1. The van der Waals surface area contributed by atoms with Crippen molar-refractivity contribution in [2.24, 2.45) is 0 Å². The standard InChI is InChI=1S/C29H33Cl2N3O4S/c1-3-4-17-32-29(36)27(18-22-11-6-5-7-12-22)33(20-23-13-8-9-16-26(23)31)28(35)21-34(39(2,37)38)25-15-10-14-24(30)19-25/h5-16,19,27H,3-4,17-18,20-21H2,1-2H3,(H,32,36)/t27-/m0/s1. The van der Waals surface area contributed by atoms with Crippen molar-refractivity contribution in [1.29, 1.82) is 0 Å². The maximum absolute atomic E-state index is 14.0. The van der Waals surface area contributed by atoms with Crippen molar-refractivity contribution in [3.63, 3.8) is 0 Å². The summed E-state index contributed by atoms with van der Waals surface area (Å²) in [6.45, 7) is 1.99. The van der Waals surface area contributed by atoms with Gasteiger partial charge in [-0.1, -0.05) is 91.1 Å². The molecule has 1 N–H and O–H groups in total. The Morgan fingerprint density at radius 2 is 1.64 bits per heavy atom. The van der Waals surface area contributed by atoms with Gasteiger partial charge in [0.25, 0.3) is 0 Å². The van der Waals surface area contributed by atoms with E-state index in [9.17, 15) is 18.0 Å². The van der Waals surface area contributed by atoms with Gasteiger partial charge in [0.15, 0.2) is 0 Å². The number of carbonyl (C=O) groups is 2. The van der Waals surface area contributed by atoms with E-state index in [-0.39, 0.29) is 24.6 Å². The first-order valence-electron chi connectivity index (χ1n) is 12.7. The Kier molecular flexibility index (Phi) is 11.2. The summed E-state index contributed by atoms with van der Waals surface area (Å²) >= 11 is 12.6. The molecule has 10 heteroatoms. The summed E-state index contributed by atoms with van der Waals surface area (Å²) in [7, 11) is -3.87. The Labute approximate surface area is 240 Å². The summed E-state index contributed by atoms with van der Waals surface area (Å²) in [5.74, 6) is -0.867. The molecule has 1 atom stereocenters. The molecule has 0 bridgehead atoms. The predicted molar refractivity (Wildman–Crippen MR) is 157 cm³/mol. The SMILES string of the molecule is CCCCNC(=O)[C@H](Cc1ccccc1)N(Cc1ccccc1Cl)C(=O)CN(c1cccc(Cl)c1)S(C)(=O)=O. The number of benzene rings is 3. The Balaban J connectivity index is 2.04. The van der Waals surface area contributed by atoms with Crippen molar-refractivity contribution < 1.29 is 18.0 Å². The van der Waals surface area contributed by atoms with Crippen LogP contribution < -0.4 is 9.62 Å². The fourth-order valence-corrected chi connectivity index (χ4v) is 5.34. The zero-order valence-corrected chi connectivity index (χ0v) is 24.3. The second-order valence-electron chi connectivity index (χ2n) is 9.21. The van der Waals surface area contributed by atoms with Crippen LogP contribution in [0.25, 0.3) is 0 Å². The van der Waals surface area contributed by atoms with Crippen LogP contribution in [-0.4, -0.2) is 50.5 Å². The van der Waals surface area contributed by atoms with Crippen molar-refractivity contribution in [3.8, 4) is 0 Å². The molecule has 0 aromatic heterocycles. The zero-order valence-electron chi connectivity index (χ0n) is 22.0. The molecule has 0 heterocycles. The van der Waals surface area contributed by atoms with E-state index >= 15 is 0 Å². The van der Waals surface area contributed by atoms with Crippen LogP contribution >= 0.6 is 23.2 Å². The van der Waals surface area contributed by atoms with Gasteiger partial charge in [-0.2, -0.15) is 0 Å². The van der Waals surface area contributed by atoms with Gasteiger partial charge in [-0.25, -0.2) is 8.42 Å². The molecular weight excluding hydrogens is 557 g/mol. The number of nitrogens with zero attached hydrogens (tertiary/aromatic N) is 2. The third-order valence-electron chi connectivity index (χ3n) is 6.17. The van der Waals surface area contributed by atoms with Crippen molar-refractivity contribution in [2.75, 3.05) is 23.7 Å². The molecule has 0 aliphatic rings. The second-order valence-corrected chi connectivity index (χ2v) is 12.0. The van der Waals surface area contributed by atoms with Crippen molar-refractivity contribution in [3.05, 3.63) is 100 Å². The quantitative estimate of drug-likeness (QED) is 0.273. The maximum Gasteiger partial charge on any atom is 0.244 e. The summed E-state index contributed by atoms with van der Waals surface area (Å²) in [6, 6.07) is 21.8. The topological polar surface area (TPSA) is 86.8 Å². The van der Waals surface area contributed by atoms with Crippen LogP contribution in [0.15, 0.2) is 78.9 Å². The molecule has 208 valence electrons. The lowest BCUT2D eigenvalue weighted by molar-refractivity contribution is -0.140. The van der Waals surface area contributed by atoms with Crippen LogP contribution in [0.4, 0.5) is 5.69 Å². The number of carbonyl (C=O) groups excluding carboxylic acids is 2. The highest BCUT2D eigenvalue weighted by Crippen LogP contribution is 2.24. The van der Waals surface area contributed by atoms with E-state index < -0.39 is 28.5 Å². The number of anilines is 1. The molecule has 39 heavy (non-hydrogen) atoms. The number of halogens is 2. The van der Waals surface area contributed by atoms with Gasteiger partial charge in [0.05, 0.1) is 11.9 Å². The minimum absolute atomic E-state index is 0.0182. The monoisotopic (exact) mass is 589 g/mol. The van der Waals surface area contributed by atoms with Gasteiger partial charge in [-0.3, -0.25) is 13.9 Å². The van der Waals surface area contributed by atoms with Crippen molar-refractivity contribution >= 4 is 50.7 Å². The number of sulfonamides is 1. The second kappa shape index (κ2) is 14.4. The van der Waals surface area contributed by atoms with Crippen LogP contribution in [-0.2, 0) is 32.6 Å². The molecule has 3 aromatic rings. The maximum atomic E-state index is 14.0. The zero-order chi connectivity index (χ0) is 28.4. The Morgan fingerprint density at radius 3 is 2.28 bits per heavy atom.